The average Bonchev–Trinajstić information content (AvgIpc) is 3.08. The number of benzene rings is 3. The van der Waals surface area contributed by atoms with Gasteiger partial charge < -0.3 is 9.67 Å². The third-order valence-corrected chi connectivity index (χ3v) is 4.11. The Kier molecular flexibility index (Phi) is 8.47. The zero-order valence-electron chi connectivity index (χ0n) is 16.4. The Bertz CT molecular complexity index is 1040. The van der Waals surface area contributed by atoms with E-state index in [9.17, 15) is 4.79 Å². The summed E-state index contributed by atoms with van der Waals surface area (Å²) < 4.78 is 2.18. The molecule has 0 amide bonds. The number of rotatable bonds is 4. The fraction of sp³-hybridized carbons (Fsp3) is 0.167. The molecule has 0 aliphatic rings. The Balaban J connectivity index is 0.000000327. The Hall–Kier alpha value is -2.59. The number of para-hydroxylation sites is 3. The van der Waals surface area contributed by atoms with Crippen molar-refractivity contribution in [1.82, 2.24) is 9.55 Å². The van der Waals surface area contributed by atoms with Gasteiger partial charge in [0.05, 0.1) is 23.0 Å². The van der Waals surface area contributed by atoms with E-state index in [0.29, 0.717) is 0 Å². The van der Waals surface area contributed by atoms with Crippen LogP contribution in [0.25, 0.3) is 28.1 Å². The third-order valence-electron chi connectivity index (χ3n) is 4.11. The molecule has 1 N–H and O–H groups in total. The van der Waals surface area contributed by atoms with Crippen LogP contribution in [0.5, 0.6) is 0 Å². The van der Waals surface area contributed by atoms with Crippen LogP contribution < -0.4 is 0 Å². The number of carbonyl (C=O) groups excluding carboxylic acids is 1. The van der Waals surface area contributed by atoms with E-state index < -0.39 is 6.10 Å². The smallest absolute Gasteiger partial charge is 0.132 e. The number of carbonyl (C=O) groups is 1. The van der Waals surface area contributed by atoms with Gasteiger partial charge in [0, 0.05) is 32.2 Å². The summed E-state index contributed by atoms with van der Waals surface area (Å²) >= 11 is 0. The first kappa shape index (κ1) is 22.7. The third kappa shape index (κ3) is 5.94. The van der Waals surface area contributed by atoms with Crippen molar-refractivity contribution in [2.24, 2.45) is 0 Å². The van der Waals surface area contributed by atoms with Crippen LogP contribution in [0.15, 0.2) is 78.9 Å². The van der Waals surface area contributed by atoms with E-state index in [1.54, 1.807) is 6.92 Å². The zero-order valence-corrected chi connectivity index (χ0v) is 18.8. The predicted octanol–water partition coefficient (Wildman–Crippen LogP) is 4.84. The molecule has 5 heteroatoms. The summed E-state index contributed by atoms with van der Waals surface area (Å²) in [4.78, 5) is 14.9. The fourth-order valence-electron chi connectivity index (χ4n) is 2.99. The van der Waals surface area contributed by atoms with Crippen molar-refractivity contribution in [3.63, 3.8) is 0 Å². The first-order chi connectivity index (χ1) is 13.6. The molecule has 0 spiro atoms. The molecule has 1 heterocycles. The molecule has 29 heavy (non-hydrogen) atoms. The molecule has 4 nitrogen and oxygen atoms in total. The van der Waals surface area contributed by atoms with Crippen LogP contribution in [0.3, 0.4) is 0 Å². The number of hydrogen-bond donors (Lipinski definition) is 1. The van der Waals surface area contributed by atoms with Crippen LogP contribution in [0.4, 0.5) is 0 Å². The summed E-state index contributed by atoms with van der Waals surface area (Å²) in [7, 11) is 0. The minimum Gasteiger partial charge on any atom is -0.393 e. The molecule has 0 aliphatic heterocycles. The van der Waals surface area contributed by atoms with Gasteiger partial charge in [0.15, 0.2) is 0 Å². The van der Waals surface area contributed by atoms with Crippen LogP contribution in [-0.4, -0.2) is 26.5 Å². The van der Waals surface area contributed by atoms with Gasteiger partial charge in [-0.2, -0.15) is 0 Å². The molecule has 0 aliphatic carbocycles. The average molecular weight is 564 g/mol. The maximum atomic E-state index is 10.1. The molecular formula is C24H23IrN2O2-. The normalized spacial score (nSPS) is 11.1. The molecule has 0 fully saturated rings. The van der Waals surface area contributed by atoms with Crippen molar-refractivity contribution in [3.8, 4) is 17.1 Å². The molecule has 1 atom stereocenters. The molecule has 4 rings (SSSR count). The maximum absolute atomic E-state index is 10.1. The van der Waals surface area contributed by atoms with Gasteiger partial charge in [-0.1, -0.05) is 30.3 Å². The first-order valence-electron chi connectivity index (χ1n) is 9.23. The summed E-state index contributed by atoms with van der Waals surface area (Å²) in [6, 6.07) is 29.7. The van der Waals surface area contributed by atoms with Crippen LogP contribution in [0, 0.1) is 6.07 Å². The Morgan fingerprint density at radius 2 is 1.69 bits per heavy atom. The molecule has 1 unspecified atom stereocenters. The van der Waals surface area contributed by atoms with E-state index in [1.807, 2.05) is 60.7 Å². The zero-order chi connectivity index (χ0) is 19.9. The number of Topliss-reactive ketones (excluding diaryl/α,β-unsaturated/α-hetero) is 1. The summed E-state index contributed by atoms with van der Waals surface area (Å²) in [6.45, 7) is 3.06. The van der Waals surface area contributed by atoms with Gasteiger partial charge in [-0.05, 0) is 38.1 Å². The van der Waals surface area contributed by atoms with Crippen molar-refractivity contribution in [2.75, 3.05) is 0 Å². The minimum absolute atomic E-state index is 0. The summed E-state index contributed by atoms with van der Waals surface area (Å²) in [5.41, 5.74) is 4.21. The fourth-order valence-corrected chi connectivity index (χ4v) is 2.99. The van der Waals surface area contributed by atoms with Gasteiger partial charge in [0.25, 0.3) is 0 Å². The van der Waals surface area contributed by atoms with Crippen LogP contribution in [0.2, 0.25) is 0 Å². The number of imidazole rings is 1. The molecule has 1 aromatic heterocycles. The number of aromatic nitrogens is 2. The van der Waals surface area contributed by atoms with Crippen molar-refractivity contribution in [1.29, 1.82) is 0 Å². The van der Waals surface area contributed by atoms with E-state index in [-0.39, 0.29) is 32.3 Å². The minimum atomic E-state index is -0.475. The Morgan fingerprint density at radius 3 is 2.28 bits per heavy atom. The van der Waals surface area contributed by atoms with E-state index in [4.69, 9.17) is 10.1 Å². The second-order valence-corrected chi connectivity index (χ2v) is 6.63. The topological polar surface area (TPSA) is 55.1 Å². The van der Waals surface area contributed by atoms with Crippen LogP contribution in [0.1, 0.15) is 20.3 Å². The van der Waals surface area contributed by atoms with E-state index >= 15 is 0 Å². The summed E-state index contributed by atoms with van der Waals surface area (Å²) in [6.07, 6.45) is -0.197. The van der Waals surface area contributed by atoms with Gasteiger partial charge in [0.1, 0.15) is 5.78 Å². The van der Waals surface area contributed by atoms with Crippen molar-refractivity contribution in [3.05, 3.63) is 84.9 Å². The second kappa shape index (κ2) is 10.8. The second-order valence-electron chi connectivity index (χ2n) is 6.63. The Morgan fingerprint density at radius 1 is 1.03 bits per heavy atom. The SMILES string of the molecule is CC(=O)CC(C)O.[Ir].[c-]1ccccc1-c1nc2ccccc2n1-c1ccccc1. The number of ketones is 1. The molecule has 1 radical (unpaired) electrons. The van der Waals surface area contributed by atoms with Crippen molar-refractivity contribution < 1.29 is 30.0 Å². The maximum Gasteiger partial charge on any atom is 0.132 e. The van der Waals surface area contributed by atoms with Gasteiger partial charge in [-0.3, -0.25) is 9.78 Å². The standard InChI is InChI=1S/C19H13N2.C5H10O2.Ir/c1-3-9-15(10-4-1)19-20-17-13-7-8-14-18(17)21(19)16-11-5-2-6-12-16;1-4(6)3-5(2)7;/h1-9,11-14H;4,6H,3H2,1-2H3;/q-1;;. The van der Waals surface area contributed by atoms with Gasteiger partial charge >= 0.3 is 0 Å². The van der Waals surface area contributed by atoms with E-state index in [0.717, 1.165) is 28.1 Å². The largest absolute Gasteiger partial charge is 0.393 e. The van der Waals surface area contributed by atoms with Crippen molar-refractivity contribution >= 4 is 16.8 Å². The number of nitrogens with zero attached hydrogens (tertiary/aromatic N) is 2. The summed E-state index contributed by atoms with van der Waals surface area (Å²) in [5.74, 6) is 0.956. The van der Waals surface area contributed by atoms with E-state index in [2.05, 4.69) is 28.8 Å². The molecule has 0 saturated carbocycles. The van der Waals surface area contributed by atoms with E-state index in [1.165, 1.54) is 6.92 Å². The van der Waals surface area contributed by atoms with Gasteiger partial charge in [0.2, 0.25) is 0 Å². The molecular weight excluding hydrogens is 540 g/mol. The van der Waals surface area contributed by atoms with Crippen LogP contribution >= 0.6 is 0 Å². The van der Waals surface area contributed by atoms with Crippen molar-refractivity contribution in [2.45, 2.75) is 26.4 Å². The monoisotopic (exact) mass is 564 g/mol. The quantitative estimate of drug-likeness (QED) is 0.362. The Labute approximate surface area is 184 Å². The first-order valence-corrected chi connectivity index (χ1v) is 9.23. The summed E-state index contributed by atoms with van der Waals surface area (Å²) in [5, 5.41) is 8.50. The molecule has 4 aromatic rings. The molecule has 0 saturated heterocycles. The number of hydrogen-bond acceptors (Lipinski definition) is 3. The molecule has 151 valence electrons. The number of fused-ring (bicyclic) bond motifs is 1. The number of aliphatic hydroxyl groups is 1. The van der Waals surface area contributed by atoms with Gasteiger partial charge in [-0.15, -0.1) is 35.9 Å². The van der Waals surface area contributed by atoms with Gasteiger partial charge in [-0.25, -0.2) is 0 Å². The number of aliphatic hydroxyl groups excluding tert-OH is 1. The molecule has 0 bridgehead atoms. The van der Waals surface area contributed by atoms with Crippen LogP contribution in [-0.2, 0) is 24.9 Å². The predicted molar refractivity (Wildman–Crippen MR) is 112 cm³/mol. The molecule has 3 aromatic carbocycles.